The number of amides is 1. The number of rotatable bonds is 9. The van der Waals surface area contributed by atoms with Crippen LogP contribution in [0.4, 0.5) is 0 Å². The lowest BCUT2D eigenvalue weighted by Crippen LogP contribution is -2.50. The first-order chi connectivity index (χ1) is 16.5. The summed E-state index contributed by atoms with van der Waals surface area (Å²) in [5.74, 6) is 2.84. The highest BCUT2D eigenvalue weighted by Gasteiger charge is 2.29. The number of benzene rings is 2. The highest BCUT2D eigenvalue weighted by atomic mass is 16.7. The van der Waals surface area contributed by atoms with E-state index in [2.05, 4.69) is 18.7 Å². The van der Waals surface area contributed by atoms with Gasteiger partial charge in [-0.3, -0.25) is 9.69 Å². The standard InChI is InChI=1S/C26H34N2O6/c1-5-18(2)28(26(29)19-7-9-23-25(12-19)34-17-33-23)16-22-15-27(10-11-32-22)14-20-6-8-21(30-3)13-24(20)31-4/h6-9,12-13,18,22H,5,10-11,14-17H2,1-4H3/t18-,22-/m1/s1. The lowest BCUT2D eigenvalue weighted by Gasteiger charge is -2.38. The van der Waals surface area contributed by atoms with Crippen molar-refractivity contribution in [2.75, 3.05) is 47.3 Å². The molecule has 2 aliphatic rings. The monoisotopic (exact) mass is 470 g/mol. The number of carbonyl (C=O) groups excluding carboxylic acids is 1. The first-order valence-electron chi connectivity index (χ1n) is 11.8. The van der Waals surface area contributed by atoms with E-state index >= 15 is 0 Å². The minimum absolute atomic E-state index is 0.0230. The van der Waals surface area contributed by atoms with E-state index < -0.39 is 0 Å². The maximum Gasteiger partial charge on any atom is 0.254 e. The summed E-state index contributed by atoms with van der Waals surface area (Å²) in [6.45, 7) is 7.80. The van der Waals surface area contributed by atoms with Crippen LogP contribution in [0.3, 0.4) is 0 Å². The van der Waals surface area contributed by atoms with Crippen molar-refractivity contribution in [3.05, 3.63) is 47.5 Å². The quantitative estimate of drug-likeness (QED) is 0.555. The molecular weight excluding hydrogens is 436 g/mol. The predicted octanol–water partition coefficient (Wildman–Crippen LogP) is 3.57. The first kappa shape index (κ1) is 24.2. The van der Waals surface area contributed by atoms with Crippen molar-refractivity contribution in [1.82, 2.24) is 9.80 Å². The van der Waals surface area contributed by atoms with Crippen molar-refractivity contribution in [3.8, 4) is 23.0 Å². The minimum Gasteiger partial charge on any atom is -0.497 e. The molecule has 8 heteroatoms. The van der Waals surface area contributed by atoms with Gasteiger partial charge in [0.2, 0.25) is 6.79 Å². The maximum absolute atomic E-state index is 13.5. The highest BCUT2D eigenvalue weighted by molar-refractivity contribution is 5.95. The molecule has 0 aromatic heterocycles. The van der Waals surface area contributed by atoms with E-state index in [1.807, 2.05) is 23.1 Å². The van der Waals surface area contributed by atoms with Gasteiger partial charge in [-0.2, -0.15) is 0 Å². The zero-order valence-electron chi connectivity index (χ0n) is 20.4. The molecule has 1 amide bonds. The SMILES string of the molecule is CC[C@@H](C)N(C[C@H]1CN(Cc2ccc(OC)cc2OC)CCO1)C(=O)c1ccc2c(c1)OCO2. The molecule has 2 atom stereocenters. The molecule has 2 aromatic rings. The number of methoxy groups -OCH3 is 2. The highest BCUT2D eigenvalue weighted by Crippen LogP contribution is 2.33. The van der Waals surface area contributed by atoms with Gasteiger partial charge in [-0.05, 0) is 37.6 Å². The molecule has 0 radical (unpaired) electrons. The molecule has 0 saturated carbocycles. The normalized spacial score (nSPS) is 18.4. The zero-order valence-corrected chi connectivity index (χ0v) is 20.4. The third-order valence-electron chi connectivity index (χ3n) is 6.51. The van der Waals surface area contributed by atoms with Gasteiger partial charge in [0.05, 0.1) is 26.9 Å². The second-order valence-corrected chi connectivity index (χ2v) is 8.69. The van der Waals surface area contributed by atoms with Crippen LogP contribution in [-0.2, 0) is 11.3 Å². The van der Waals surface area contributed by atoms with Crippen LogP contribution < -0.4 is 18.9 Å². The summed E-state index contributed by atoms with van der Waals surface area (Å²) in [6.07, 6.45) is 0.778. The van der Waals surface area contributed by atoms with E-state index in [9.17, 15) is 4.79 Å². The Labute approximate surface area is 201 Å². The average molecular weight is 471 g/mol. The van der Waals surface area contributed by atoms with E-state index in [-0.39, 0.29) is 24.8 Å². The van der Waals surface area contributed by atoms with Crippen LogP contribution in [-0.4, -0.2) is 75.1 Å². The summed E-state index contributed by atoms with van der Waals surface area (Å²) < 4.78 is 27.8. The molecule has 2 heterocycles. The van der Waals surface area contributed by atoms with Crippen LogP contribution in [0.1, 0.15) is 36.2 Å². The van der Waals surface area contributed by atoms with Gasteiger partial charge in [0, 0.05) is 49.4 Å². The van der Waals surface area contributed by atoms with E-state index in [4.69, 9.17) is 23.7 Å². The fourth-order valence-corrected chi connectivity index (χ4v) is 4.36. The van der Waals surface area contributed by atoms with Crippen LogP contribution >= 0.6 is 0 Å². The topological polar surface area (TPSA) is 69.7 Å². The molecule has 1 fully saturated rings. The van der Waals surface area contributed by atoms with Gasteiger partial charge >= 0.3 is 0 Å². The van der Waals surface area contributed by atoms with Crippen molar-refractivity contribution in [3.63, 3.8) is 0 Å². The summed E-state index contributed by atoms with van der Waals surface area (Å²) >= 11 is 0. The molecule has 2 aliphatic heterocycles. The molecule has 8 nitrogen and oxygen atoms in total. The Hall–Kier alpha value is -2.97. The summed E-state index contributed by atoms with van der Waals surface area (Å²) in [6, 6.07) is 11.3. The lowest BCUT2D eigenvalue weighted by atomic mass is 10.1. The fourth-order valence-electron chi connectivity index (χ4n) is 4.36. The van der Waals surface area contributed by atoms with Crippen LogP contribution in [0.5, 0.6) is 23.0 Å². The van der Waals surface area contributed by atoms with Gasteiger partial charge in [-0.25, -0.2) is 0 Å². The predicted molar refractivity (Wildman–Crippen MR) is 128 cm³/mol. The molecule has 0 N–H and O–H groups in total. The Bertz CT molecular complexity index is 997. The smallest absolute Gasteiger partial charge is 0.254 e. The number of fused-ring (bicyclic) bond motifs is 1. The number of hydrogen-bond donors (Lipinski definition) is 0. The van der Waals surface area contributed by atoms with Crippen molar-refractivity contribution >= 4 is 5.91 Å². The Morgan fingerprint density at radius 2 is 1.97 bits per heavy atom. The van der Waals surface area contributed by atoms with Crippen molar-refractivity contribution < 1.29 is 28.5 Å². The third kappa shape index (κ3) is 5.39. The molecule has 34 heavy (non-hydrogen) atoms. The Morgan fingerprint density at radius 1 is 1.15 bits per heavy atom. The molecule has 0 bridgehead atoms. The van der Waals surface area contributed by atoms with Crippen LogP contribution in [0.15, 0.2) is 36.4 Å². The van der Waals surface area contributed by atoms with Gasteiger partial charge in [-0.1, -0.05) is 13.0 Å². The van der Waals surface area contributed by atoms with Gasteiger partial charge < -0.3 is 28.6 Å². The molecule has 2 aromatic carbocycles. The number of morpholine rings is 1. The van der Waals surface area contributed by atoms with Crippen molar-refractivity contribution in [1.29, 1.82) is 0 Å². The molecule has 0 aliphatic carbocycles. The Kier molecular flexibility index (Phi) is 7.80. The van der Waals surface area contributed by atoms with Gasteiger partial charge in [-0.15, -0.1) is 0 Å². The zero-order chi connectivity index (χ0) is 24.1. The maximum atomic E-state index is 13.5. The number of carbonyl (C=O) groups is 1. The second kappa shape index (κ2) is 11.0. The van der Waals surface area contributed by atoms with E-state index in [0.717, 1.165) is 43.1 Å². The molecule has 1 saturated heterocycles. The van der Waals surface area contributed by atoms with E-state index in [1.54, 1.807) is 32.4 Å². The molecule has 4 rings (SSSR count). The number of ether oxygens (including phenoxy) is 5. The lowest BCUT2D eigenvalue weighted by molar-refractivity contribution is -0.0466. The van der Waals surface area contributed by atoms with Crippen LogP contribution in [0, 0.1) is 0 Å². The van der Waals surface area contributed by atoms with Crippen molar-refractivity contribution in [2.45, 2.75) is 39.0 Å². The summed E-state index contributed by atoms with van der Waals surface area (Å²) in [4.78, 5) is 17.7. The fraction of sp³-hybridized carbons (Fsp3) is 0.500. The largest absolute Gasteiger partial charge is 0.497 e. The summed E-state index contributed by atoms with van der Waals surface area (Å²) in [5, 5.41) is 0. The Balaban J connectivity index is 1.44. The van der Waals surface area contributed by atoms with E-state index in [1.165, 1.54) is 0 Å². The number of hydrogen-bond acceptors (Lipinski definition) is 7. The van der Waals surface area contributed by atoms with E-state index in [0.29, 0.717) is 30.2 Å². The second-order valence-electron chi connectivity index (χ2n) is 8.69. The molecule has 184 valence electrons. The van der Waals surface area contributed by atoms with Crippen LogP contribution in [0.2, 0.25) is 0 Å². The molecular formula is C26H34N2O6. The Morgan fingerprint density at radius 3 is 2.74 bits per heavy atom. The minimum atomic E-state index is -0.0787. The molecule has 0 spiro atoms. The van der Waals surface area contributed by atoms with Crippen molar-refractivity contribution in [2.24, 2.45) is 0 Å². The van der Waals surface area contributed by atoms with Gasteiger partial charge in [0.1, 0.15) is 11.5 Å². The summed E-state index contributed by atoms with van der Waals surface area (Å²) in [5.41, 5.74) is 1.69. The third-order valence-corrected chi connectivity index (χ3v) is 6.51. The summed E-state index contributed by atoms with van der Waals surface area (Å²) in [7, 11) is 3.32. The van der Waals surface area contributed by atoms with Gasteiger partial charge in [0.15, 0.2) is 11.5 Å². The van der Waals surface area contributed by atoms with Gasteiger partial charge in [0.25, 0.3) is 5.91 Å². The first-order valence-corrected chi connectivity index (χ1v) is 11.8. The van der Waals surface area contributed by atoms with Crippen LogP contribution in [0.25, 0.3) is 0 Å². The number of nitrogens with zero attached hydrogens (tertiary/aromatic N) is 2. The molecule has 0 unspecified atom stereocenters. The average Bonchev–Trinajstić information content (AvgIpc) is 3.35.